The Balaban J connectivity index is 1.11. The van der Waals surface area contributed by atoms with Crippen LogP contribution in [0.25, 0.3) is 6.08 Å². The molecule has 1 saturated carbocycles. The molecule has 1 fully saturated rings. The van der Waals surface area contributed by atoms with Crippen LogP contribution in [0.3, 0.4) is 0 Å². The molecule has 0 saturated heterocycles. The van der Waals surface area contributed by atoms with Gasteiger partial charge in [0.15, 0.2) is 0 Å². The molecule has 8 rings (SSSR count). The van der Waals surface area contributed by atoms with Gasteiger partial charge >= 0.3 is 0 Å². The number of benzene rings is 1. The van der Waals surface area contributed by atoms with Crippen molar-refractivity contribution in [3.8, 4) is 0 Å². The van der Waals surface area contributed by atoms with Crippen molar-refractivity contribution in [1.29, 1.82) is 0 Å². The van der Waals surface area contributed by atoms with Crippen molar-refractivity contribution >= 4 is 11.8 Å². The summed E-state index contributed by atoms with van der Waals surface area (Å²) in [6, 6.07) is 9.51. The van der Waals surface area contributed by atoms with E-state index in [4.69, 9.17) is 0 Å². The van der Waals surface area contributed by atoms with Crippen LogP contribution < -0.4 is 5.32 Å². The highest BCUT2D eigenvalue weighted by Crippen LogP contribution is 2.41. The van der Waals surface area contributed by atoms with Crippen LogP contribution in [-0.4, -0.2) is 24.8 Å². The summed E-state index contributed by atoms with van der Waals surface area (Å²) >= 11 is 0. The minimum atomic E-state index is 0.481. The Bertz CT molecular complexity index is 1790. The Labute approximate surface area is 289 Å². The van der Waals surface area contributed by atoms with Crippen molar-refractivity contribution in [3.63, 3.8) is 0 Å². The van der Waals surface area contributed by atoms with Gasteiger partial charge in [-0.15, -0.1) is 0 Å². The number of aryl methyl sites for hydroxylation is 1. The van der Waals surface area contributed by atoms with Crippen LogP contribution in [0.15, 0.2) is 140 Å². The first kappa shape index (κ1) is 31.5. The molecule has 1 aromatic rings. The van der Waals surface area contributed by atoms with Crippen LogP contribution in [-0.2, 0) is 6.42 Å². The Morgan fingerprint density at radius 2 is 1.75 bits per heavy atom. The number of nitrogens with one attached hydrogen (secondary N) is 1. The first-order chi connectivity index (χ1) is 23.7. The molecule has 1 heterocycles. The highest BCUT2D eigenvalue weighted by molar-refractivity contribution is 6.11. The number of nitrogens with zero attached hydrogens (tertiary/aromatic N) is 1. The molecule has 1 aromatic carbocycles. The van der Waals surface area contributed by atoms with E-state index in [1.54, 1.807) is 16.7 Å². The van der Waals surface area contributed by atoms with E-state index >= 15 is 0 Å². The van der Waals surface area contributed by atoms with Crippen LogP contribution in [0.5, 0.6) is 0 Å². The molecule has 0 bridgehead atoms. The number of rotatable bonds is 7. The molecule has 246 valence electrons. The number of hydrogen-bond donors (Lipinski definition) is 1. The molecule has 2 heteroatoms. The zero-order valence-corrected chi connectivity index (χ0v) is 28.9. The Kier molecular flexibility index (Phi) is 9.45. The average Bonchev–Trinajstić information content (AvgIpc) is 3.70. The minimum absolute atomic E-state index is 0.481. The second-order valence-electron chi connectivity index (χ2n) is 15.0. The second-order valence-corrected chi connectivity index (χ2v) is 15.0. The zero-order chi connectivity index (χ0) is 32.3. The largest absolute Gasteiger partial charge is 0.306 e. The highest BCUT2D eigenvalue weighted by atomic mass is 14.9. The molecule has 0 aromatic heterocycles. The molecule has 7 aliphatic rings. The maximum Gasteiger partial charge on any atom is 0.0644 e. The molecule has 2 nitrogen and oxygen atoms in total. The summed E-state index contributed by atoms with van der Waals surface area (Å²) in [4.78, 5) is 4.68. The molecule has 3 unspecified atom stereocenters. The fourth-order valence-corrected chi connectivity index (χ4v) is 9.34. The Hall–Kier alpha value is -3.75. The lowest BCUT2D eigenvalue weighted by Gasteiger charge is -2.36. The third-order valence-electron chi connectivity index (χ3n) is 12.1. The van der Waals surface area contributed by atoms with Crippen molar-refractivity contribution in [3.05, 3.63) is 146 Å². The van der Waals surface area contributed by atoms with E-state index in [-0.39, 0.29) is 0 Å². The van der Waals surface area contributed by atoms with Gasteiger partial charge in [-0.1, -0.05) is 91.8 Å². The SMILES string of the molecule is C/C(C1=CC=C(C2=CC(C3=NCC=C3)=CCC2)CC1)=C1/C=CCC/C1=C(/CNC1C=CC2CCCCC2C1)C1=Cc2ccccc2CC1. The van der Waals surface area contributed by atoms with Crippen molar-refractivity contribution < 1.29 is 0 Å². The van der Waals surface area contributed by atoms with Crippen LogP contribution in [0.2, 0.25) is 0 Å². The van der Waals surface area contributed by atoms with E-state index in [2.05, 4.69) is 108 Å². The van der Waals surface area contributed by atoms with Gasteiger partial charge in [-0.05, 0) is 163 Å². The lowest BCUT2D eigenvalue weighted by atomic mass is 9.73. The summed E-state index contributed by atoms with van der Waals surface area (Å²) in [6.45, 7) is 4.17. The summed E-state index contributed by atoms with van der Waals surface area (Å²) < 4.78 is 0. The van der Waals surface area contributed by atoms with Gasteiger partial charge in [0.2, 0.25) is 0 Å². The quantitative estimate of drug-likeness (QED) is 0.297. The normalized spacial score (nSPS) is 28.7. The van der Waals surface area contributed by atoms with Crippen molar-refractivity contribution in [2.75, 3.05) is 13.1 Å². The summed E-state index contributed by atoms with van der Waals surface area (Å²) in [7, 11) is 0. The van der Waals surface area contributed by atoms with Gasteiger partial charge in [0.05, 0.1) is 12.3 Å². The molecule has 3 atom stereocenters. The average molecular weight is 633 g/mol. The van der Waals surface area contributed by atoms with Gasteiger partial charge in [0.25, 0.3) is 0 Å². The van der Waals surface area contributed by atoms with E-state index in [1.165, 1.54) is 76.7 Å². The predicted molar refractivity (Wildman–Crippen MR) is 204 cm³/mol. The first-order valence-electron chi connectivity index (χ1n) is 19.0. The lowest BCUT2D eigenvalue weighted by molar-refractivity contribution is 0.240. The van der Waals surface area contributed by atoms with Crippen molar-refractivity contribution in [2.24, 2.45) is 16.8 Å². The molecule has 0 amide bonds. The number of aliphatic imine (C=N–C) groups is 1. The van der Waals surface area contributed by atoms with Gasteiger partial charge in [-0.2, -0.15) is 0 Å². The molecule has 0 spiro atoms. The molecular formula is C46H52N2. The summed E-state index contributed by atoms with van der Waals surface area (Å²) in [5, 5.41) is 4.10. The second kappa shape index (κ2) is 14.4. The molecule has 0 radical (unpaired) electrons. The Morgan fingerprint density at radius 3 is 2.65 bits per heavy atom. The molecular weight excluding hydrogens is 581 g/mol. The van der Waals surface area contributed by atoms with Crippen molar-refractivity contribution in [1.82, 2.24) is 5.32 Å². The van der Waals surface area contributed by atoms with E-state index in [9.17, 15) is 0 Å². The van der Waals surface area contributed by atoms with E-state index < -0.39 is 0 Å². The van der Waals surface area contributed by atoms with Crippen LogP contribution in [0, 0.1) is 11.8 Å². The van der Waals surface area contributed by atoms with E-state index in [0.717, 1.165) is 82.0 Å². The molecule has 1 N–H and O–H groups in total. The number of hydrogen-bond acceptors (Lipinski definition) is 2. The predicted octanol–water partition coefficient (Wildman–Crippen LogP) is 11.0. The maximum atomic E-state index is 4.68. The Morgan fingerprint density at radius 1 is 0.833 bits per heavy atom. The standard InChI is InChI=1S/C46H52N2/c1-32(33-19-21-36(22-20-33)38-14-8-15-41(29-38)46-18-9-27-47-46)43-16-6-7-17-44(43)45(40-24-23-34-10-2-4-12-37(34)28-40)31-48-42-26-25-35-11-3-5-13-39(35)30-42/h2,4,6,9-10,12,15-16,18-19,21,25-26,28-29,35,39,42,48H,3,5,7-8,11,13-14,17,20,22-24,27,30-31H2,1H3/b43-32+,45-44+. The van der Waals surface area contributed by atoms with E-state index in [1.807, 2.05) is 0 Å². The topological polar surface area (TPSA) is 24.4 Å². The van der Waals surface area contributed by atoms with Crippen LogP contribution >= 0.6 is 0 Å². The van der Waals surface area contributed by atoms with Gasteiger partial charge in [-0.25, -0.2) is 0 Å². The fourth-order valence-electron chi connectivity index (χ4n) is 9.34. The maximum absolute atomic E-state index is 4.68. The third kappa shape index (κ3) is 6.74. The number of fused-ring (bicyclic) bond motifs is 2. The smallest absolute Gasteiger partial charge is 0.0644 e. The first-order valence-corrected chi connectivity index (χ1v) is 19.0. The fraction of sp³-hybridized carbons (Fsp3) is 0.413. The summed E-state index contributed by atoms with van der Waals surface area (Å²) in [6.07, 6.45) is 42.4. The molecule has 1 aliphatic heterocycles. The minimum Gasteiger partial charge on any atom is -0.306 e. The monoisotopic (exact) mass is 632 g/mol. The van der Waals surface area contributed by atoms with Crippen LogP contribution in [0.1, 0.15) is 95.1 Å². The molecule has 6 aliphatic carbocycles. The van der Waals surface area contributed by atoms with Crippen molar-refractivity contribution in [2.45, 2.75) is 96.4 Å². The van der Waals surface area contributed by atoms with Gasteiger partial charge in [0.1, 0.15) is 0 Å². The zero-order valence-electron chi connectivity index (χ0n) is 28.9. The summed E-state index contributed by atoms with van der Waals surface area (Å²) in [5.74, 6) is 1.68. The van der Waals surface area contributed by atoms with Gasteiger partial charge < -0.3 is 5.32 Å². The lowest BCUT2D eigenvalue weighted by Crippen LogP contribution is -2.37. The van der Waals surface area contributed by atoms with Gasteiger partial charge in [0, 0.05) is 12.6 Å². The van der Waals surface area contributed by atoms with Crippen LogP contribution in [0.4, 0.5) is 0 Å². The molecule has 48 heavy (non-hydrogen) atoms. The third-order valence-corrected chi connectivity index (χ3v) is 12.1. The van der Waals surface area contributed by atoms with Gasteiger partial charge in [-0.3, -0.25) is 4.99 Å². The highest BCUT2D eigenvalue weighted by Gasteiger charge is 2.29. The number of allylic oxidation sites excluding steroid dienone is 15. The van der Waals surface area contributed by atoms with E-state index in [0.29, 0.717) is 6.04 Å². The summed E-state index contributed by atoms with van der Waals surface area (Å²) in [5.41, 5.74) is 17.5.